The van der Waals surface area contributed by atoms with E-state index in [1.54, 1.807) is 19.1 Å². The molecule has 0 saturated carbocycles. The quantitative estimate of drug-likeness (QED) is 0.759. The lowest BCUT2D eigenvalue weighted by atomic mass is 10.0. The normalized spacial score (nSPS) is 19.0. The van der Waals surface area contributed by atoms with Gasteiger partial charge in [0.25, 0.3) is 10.0 Å². The van der Waals surface area contributed by atoms with Crippen LogP contribution in [-0.2, 0) is 30.9 Å². The van der Waals surface area contributed by atoms with E-state index < -0.39 is 15.9 Å². The molecule has 1 unspecified atom stereocenters. The van der Waals surface area contributed by atoms with E-state index in [4.69, 9.17) is 4.74 Å². The van der Waals surface area contributed by atoms with Gasteiger partial charge in [-0.25, -0.2) is 8.42 Å². The first kappa shape index (κ1) is 18.9. The van der Waals surface area contributed by atoms with Gasteiger partial charge in [0.1, 0.15) is 4.21 Å². The van der Waals surface area contributed by atoms with Crippen LogP contribution in [0.25, 0.3) is 0 Å². The number of nitrogens with one attached hydrogen (secondary N) is 1. The number of hydrogen-bond acceptors (Lipinski definition) is 6. The first-order valence-corrected chi connectivity index (χ1v) is 10.1. The van der Waals surface area contributed by atoms with Crippen LogP contribution in [0.3, 0.4) is 0 Å². The highest BCUT2D eigenvalue weighted by atomic mass is 32.2. The maximum absolute atomic E-state index is 12.8. The highest BCUT2D eigenvalue weighted by molar-refractivity contribution is 7.91. The van der Waals surface area contributed by atoms with Crippen molar-refractivity contribution in [3.8, 4) is 0 Å². The molecule has 1 aliphatic rings. The van der Waals surface area contributed by atoms with Crippen molar-refractivity contribution >= 4 is 33.2 Å². The molecule has 24 heavy (non-hydrogen) atoms. The summed E-state index contributed by atoms with van der Waals surface area (Å²) in [6, 6.07) is 3.24. The average Bonchev–Trinajstić information content (AvgIpc) is 3.03. The fourth-order valence-electron chi connectivity index (χ4n) is 2.54. The van der Waals surface area contributed by atoms with Crippen LogP contribution in [0.1, 0.15) is 31.6 Å². The molecule has 1 aliphatic heterocycles. The summed E-state index contributed by atoms with van der Waals surface area (Å²) in [5.74, 6) is -0.914. The number of rotatable bonds is 6. The molecule has 1 aromatic rings. The van der Waals surface area contributed by atoms with Crippen LogP contribution in [0.4, 0.5) is 0 Å². The Hall–Kier alpha value is -1.45. The molecule has 1 aromatic heterocycles. The van der Waals surface area contributed by atoms with E-state index >= 15 is 0 Å². The fourth-order valence-corrected chi connectivity index (χ4v) is 5.52. The number of carbonyl (C=O) groups excluding carboxylic acids is 2. The molecule has 0 aromatic carbocycles. The SMILES string of the molecule is CCOC(=O)C1CCCN(S(=O)(=O)c2ccc(CNC(C)=O)s2)C1. The van der Waals surface area contributed by atoms with Crippen LogP contribution in [0, 0.1) is 5.92 Å². The average molecular weight is 374 g/mol. The summed E-state index contributed by atoms with van der Waals surface area (Å²) in [4.78, 5) is 23.6. The predicted molar refractivity (Wildman–Crippen MR) is 90.0 cm³/mol. The zero-order chi connectivity index (χ0) is 17.7. The van der Waals surface area contributed by atoms with Gasteiger partial charge in [-0.2, -0.15) is 4.31 Å². The third kappa shape index (κ3) is 4.55. The Kier molecular flexibility index (Phi) is 6.36. The van der Waals surface area contributed by atoms with Gasteiger partial charge < -0.3 is 10.1 Å². The molecule has 1 amide bonds. The molecule has 2 rings (SSSR count). The molecule has 1 atom stereocenters. The van der Waals surface area contributed by atoms with E-state index in [9.17, 15) is 18.0 Å². The van der Waals surface area contributed by atoms with Gasteiger partial charge in [0, 0.05) is 24.9 Å². The Balaban J connectivity index is 2.09. The fraction of sp³-hybridized carbons (Fsp3) is 0.600. The topological polar surface area (TPSA) is 92.8 Å². The second-order valence-electron chi connectivity index (χ2n) is 5.58. The van der Waals surface area contributed by atoms with Crippen LogP contribution in [0.2, 0.25) is 0 Å². The first-order chi connectivity index (χ1) is 11.3. The summed E-state index contributed by atoms with van der Waals surface area (Å²) in [6.45, 7) is 4.30. The number of carbonyl (C=O) groups is 2. The summed E-state index contributed by atoms with van der Waals surface area (Å²) in [5.41, 5.74) is 0. The second kappa shape index (κ2) is 8.09. The summed E-state index contributed by atoms with van der Waals surface area (Å²) >= 11 is 1.13. The Morgan fingerprint density at radius 3 is 2.83 bits per heavy atom. The van der Waals surface area contributed by atoms with E-state index in [2.05, 4.69) is 5.32 Å². The molecule has 0 spiro atoms. The number of amides is 1. The van der Waals surface area contributed by atoms with Gasteiger partial charge in [-0.1, -0.05) is 0 Å². The van der Waals surface area contributed by atoms with Crippen molar-refractivity contribution < 1.29 is 22.7 Å². The molecule has 7 nitrogen and oxygen atoms in total. The zero-order valence-electron chi connectivity index (χ0n) is 13.8. The Morgan fingerprint density at radius 1 is 1.42 bits per heavy atom. The minimum absolute atomic E-state index is 0.153. The molecule has 9 heteroatoms. The highest BCUT2D eigenvalue weighted by Crippen LogP contribution is 2.29. The lowest BCUT2D eigenvalue weighted by Crippen LogP contribution is -2.42. The van der Waals surface area contributed by atoms with Crippen molar-refractivity contribution in [3.63, 3.8) is 0 Å². The minimum Gasteiger partial charge on any atom is -0.466 e. The summed E-state index contributed by atoms with van der Waals surface area (Å²) in [5, 5.41) is 2.64. The van der Waals surface area contributed by atoms with Crippen molar-refractivity contribution in [2.75, 3.05) is 19.7 Å². The van der Waals surface area contributed by atoms with Crippen molar-refractivity contribution in [2.24, 2.45) is 5.92 Å². The largest absolute Gasteiger partial charge is 0.466 e. The lowest BCUT2D eigenvalue weighted by molar-refractivity contribution is -0.149. The van der Waals surface area contributed by atoms with Crippen LogP contribution in [0.15, 0.2) is 16.3 Å². The Bertz CT molecular complexity index is 698. The number of hydrogen-bond donors (Lipinski definition) is 1. The van der Waals surface area contributed by atoms with Gasteiger partial charge >= 0.3 is 5.97 Å². The molecule has 1 saturated heterocycles. The monoisotopic (exact) mass is 374 g/mol. The third-order valence-corrected chi connectivity index (χ3v) is 7.16. The highest BCUT2D eigenvalue weighted by Gasteiger charge is 2.34. The number of piperidine rings is 1. The molecule has 0 aliphatic carbocycles. The number of thiophene rings is 1. The minimum atomic E-state index is -3.63. The van der Waals surface area contributed by atoms with Gasteiger partial charge in [0.05, 0.1) is 19.1 Å². The molecular formula is C15H22N2O5S2. The Labute approximate surface area is 146 Å². The van der Waals surface area contributed by atoms with Gasteiger partial charge in [0.2, 0.25) is 5.91 Å². The first-order valence-electron chi connectivity index (χ1n) is 7.84. The van der Waals surface area contributed by atoms with E-state index in [1.165, 1.54) is 11.2 Å². The summed E-state index contributed by atoms with van der Waals surface area (Å²) in [6.07, 6.45) is 1.27. The summed E-state index contributed by atoms with van der Waals surface area (Å²) in [7, 11) is -3.63. The Morgan fingerprint density at radius 2 is 2.17 bits per heavy atom. The van der Waals surface area contributed by atoms with Crippen molar-refractivity contribution in [3.05, 3.63) is 17.0 Å². The second-order valence-corrected chi connectivity index (χ2v) is 8.92. The molecule has 1 N–H and O–H groups in total. The van der Waals surface area contributed by atoms with Crippen molar-refractivity contribution in [1.82, 2.24) is 9.62 Å². The molecule has 134 valence electrons. The number of nitrogens with zero attached hydrogens (tertiary/aromatic N) is 1. The van der Waals surface area contributed by atoms with Gasteiger partial charge in [-0.15, -0.1) is 11.3 Å². The van der Waals surface area contributed by atoms with Gasteiger partial charge in [-0.3, -0.25) is 9.59 Å². The maximum atomic E-state index is 12.8. The van der Waals surface area contributed by atoms with E-state index in [-0.39, 0.29) is 22.6 Å². The van der Waals surface area contributed by atoms with Gasteiger partial charge in [0.15, 0.2) is 0 Å². The summed E-state index contributed by atoms with van der Waals surface area (Å²) < 4.78 is 32.1. The third-order valence-electron chi connectivity index (χ3n) is 3.75. The van der Waals surface area contributed by atoms with Crippen LogP contribution >= 0.6 is 11.3 Å². The smallest absolute Gasteiger partial charge is 0.310 e. The molecule has 1 fully saturated rings. The van der Waals surface area contributed by atoms with E-state index in [0.29, 0.717) is 32.5 Å². The van der Waals surface area contributed by atoms with Gasteiger partial charge in [-0.05, 0) is 31.9 Å². The molecule has 0 bridgehead atoms. The van der Waals surface area contributed by atoms with E-state index in [0.717, 1.165) is 16.2 Å². The van der Waals surface area contributed by atoms with Crippen molar-refractivity contribution in [1.29, 1.82) is 0 Å². The lowest BCUT2D eigenvalue weighted by Gasteiger charge is -2.30. The van der Waals surface area contributed by atoms with Crippen LogP contribution in [0.5, 0.6) is 0 Å². The van der Waals surface area contributed by atoms with Crippen LogP contribution in [-0.4, -0.2) is 44.3 Å². The molecular weight excluding hydrogens is 352 g/mol. The van der Waals surface area contributed by atoms with Crippen LogP contribution < -0.4 is 5.32 Å². The standard InChI is InChI=1S/C15H22N2O5S2/c1-3-22-15(19)12-5-4-8-17(10-12)24(20,21)14-7-6-13(23-14)9-16-11(2)18/h6-7,12H,3-5,8-10H2,1-2H3,(H,16,18). The predicted octanol–water partition coefficient (Wildman–Crippen LogP) is 1.35. The van der Waals surface area contributed by atoms with E-state index in [1.807, 2.05) is 0 Å². The van der Waals surface area contributed by atoms with Crippen molar-refractivity contribution in [2.45, 2.75) is 37.4 Å². The number of ether oxygens (including phenoxy) is 1. The molecule has 2 heterocycles. The maximum Gasteiger partial charge on any atom is 0.310 e. The molecule has 0 radical (unpaired) electrons. The zero-order valence-corrected chi connectivity index (χ0v) is 15.4. The number of sulfonamides is 1. The number of esters is 1.